The number of hydrogen-bond acceptors (Lipinski definition) is 2. The molecule has 2 saturated carbocycles. The molecule has 0 radical (unpaired) electrons. The predicted octanol–water partition coefficient (Wildman–Crippen LogP) is 2.30. The molecule has 2 aliphatic rings. The van der Waals surface area contributed by atoms with Crippen molar-refractivity contribution in [3.63, 3.8) is 0 Å². The SMILES string of the molecule is CCC1(CCC2CC2O)CCCC1=O. The standard InChI is InChI=1S/C12H20O2/c1-2-12(6-3-4-11(12)14)7-5-9-8-10(9)13/h9-10,13H,2-8H2,1H3. The fourth-order valence-electron chi connectivity index (χ4n) is 2.81. The number of hydrogen-bond donors (Lipinski definition) is 1. The predicted molar refractivity (Wildman–Crippen MR) is 54.9 cm³/mol. The van der Waals surface area contributed by atoms with Gasteiger partial charge in [-0.05, 0) is 44.4 Å². The second kappa shape index (κ2) is 3.65. The summed E-state index contributed by atoms with van der Waals surface area (Å²) in [6.45, 7) is 2.13. The second-order valence-corrected chi connectivity index (χ2v) is 5.01. The molecule has 0 bridgehead atoms. The van der Waals surface area contributed by atoms with Crippen molar-refractivity contribution in [2.24, 2.45) is 11.3 Å². The summed E-state index contributed by atoms with van der Waals surface area (Å²) < 4.78 is 0. The van der Waals surface area contributed by atoms with E-state index >= 15 is 0 Å². The van der Waals surface area contributed by atoms with Crippen molar-refractivity contribution in [3.8, 4) is 0 Å². The molecular weight excluding hydrogens is 176 g/mol. The van der Waals surface area contributed by atoms with Crippen LogP contribution in [0, 0.1) is 11.3 Å². The van der Waals surface area contributed by atoms with Crippen molar-refractivity contribution in [3.05, 3.63) is 0 Å². The van der Waals surface area contributed by atoms with Crippen molar-refractivity contribution >= 4 is 5.78 Å². The van der Waals surface area contributed by atoms with Crippen LogP contribution in [0.25, 0.3) is 0 Å². The summed E-state index contributed by atoms with van der Waals surface area (Å²) in [5.41, 5.74) is 0.00229. The zero-order valence-corrected chi connectivity index (χ0v) is 8.96. The van der Waals surface area contributed by atoms with E-state index in [0.29, 0.717) is 11.7 Å². The monoisotopic (exact) mass is 196 g/mol. The van der Waals surface area contributed by atoms with Gasteiger partial charge in [-0.25, -0.2) is 0 Å². The highest BCUT2D eigenvalue weighted by Crippen LogP contribution is 2.45. The molecule has 0 amide bonds. The summed E-state index contributed by atoms with van der Waals surface area (Å²) in [7, 11) is 0. The van der Waals surface area contributed by atoms with Crippen LogP contribution in [0.4, 0.5) is 0 Å². The molecule has 2 rings (SSSR count). The van der Waals surface area contributed by atoms with Crippen LogP contribution >= 0.6 is 0 Å². The average Bonchev–Trinajstić information content (AvgIpc) is 2.75. The third-order valence-electron chi connectivity index (χ3n) is 4.21. The maximum atomic E-state index is 11.8. The van der Waals surface area contributed by atoms with Gasteiger partial charge < -0.3 is 5.11 Å². The second-order valence-electron chi connectivity index (χ2n) is 5.01. The Hall–Kier alpha value is -0.370. The molecule has 2 aliphatic carbocycles. The lowest BCUT2D eigenvalue weighted by Gasteiger charge is -2.25. The quantitative estimate of drug-likeness (QED) is 0.749. The summed E-state index contributed by atoms with van der Waals surface area (Å²) in [6, 6.07) is 0. The third-order valence-corrected chi connectivity index (χ3v) is 4.21. The van der Waals surface area contributed by atoms with Gasteiger partial charge >= 0.3 is 0 Å². The number of rotatable bonds is 4. The first kappa shape index (κ1) is 10.2. The van der Waals surface area contributed by atoms with Crippen molar-refractivity contribution in [1.29, 1.82) is 0 Å². The lowest BCUT2D eigenvalue weighted by molar-refractivity contribution is -0.126. The highest BCUT2D eigenvalue weighted by Gasteiger charge is 2.43. The molecule has 2 heteroatoms. The Morgan fingerprint density at radius 1 is 1.57 bits per heavy atom. The highest BCUT2D eigenvalue weighted by molar-refractivity contribution is 5.86. The maximum Gasteiger partial charge on any atom is 0.139 e. The summed E-state index contributed by atoms with van der Waals surface area (Å²) in [5.74, 6) is 0.988. The molecule has 0 aromatic heterocycles. The van der Waals surface area contributed by atoms with Gasteiger partial charge in [0.15, 0.2) is 0 Å². The molecule has 2 nitrogen and oxygen atoms in total. The molecule has 3 atom stereocenters. The Bertz CT molecular complexity index is 236. The first-order valence-electron chi connectivity index (χ1n) is 5.89. The Labute approximate surface area is 85.7 Å². The highest BCUT2D eigenvalue weighted by atomic mass is 16.3. The van der Waals surface area contributed by atoms with Crippen molar-refractivity contribution in [2.45, 2.75) is 58.0 Å². The minimum Gasteiger partial charge on any atom is -0.393 e. The average molecular weight is 196 g/mol. The van der Waals surface area contributed by atoms with Crippen LogP contribution in [0.1, 0.15) is 51.9 Å². The number of carbonyl (C=O) groups excluding carboxylic acids is 1. The van der Waals surface area contributed by atoms with E-state index in [-0.39, 0.29) is 11.5 Å². The number of ketones is 1. The van der Waals surface area contributed by atoms with Crippen molar-refractivity contribution < 1.29 is 9.90 Å². The Balaban J connectivity index is 1.88. The van der Waals surface area contributed by atoms with E-state index in [2.05, 4.69) is 6.92 Å². The fraction of sp³-hybridized carbons (Fsp3) is 0.917. The van der Waals surface area contributed by atoms with E-state index in [1.807, 2.05) is 0 Å². The van der Waals surface area contributed by atoms with Crippen molar-refractivity contribution in [2.75, 3.05) is 0 Å². The van der Waals surface area contributed by atoms with E-state index in [0.717, 1.165) is 44.9 Å². The summed E-state index contributed by atoms with van der Waals surface area (Å²) in [6.07, 6.45) is 6.94. The van der Waals surface area contributed by atoms with Gasteiger partial charge in [0.2, 0.25) is 0 Å². The molecule has 0 saturated heterocycles. The first-order chi connectivity index (χ1) is 6.68. The zero-order valence-electron chi connectivity index (χ0n) is 8.96. The largest absolute Gasteiger partial charge is 0.393 e. The van der Waals surface area contributed by atoms with Gasteiger partial charge in [0, 0.05) is 11.8 Å². The normalized spacial score (nSPS) is 41.7. The van der Waals surface area contributed by atoms with Crippen LogP contribution < -0.4 is 0 Å². The topological polar surface area (TPSA) is 37.3 Å². The van der Waals surface area contributed by atoms with Gasteiger partial charge in [0.1, 0.15) is 5.78 Å². The number of aliphatic hydroxyl groups excluding tert-OH is 1. The Morgan fingerprint density at radius 2 is 2.29 bits per heavy atom. The van der Waals surface area contributed by atoms with Crippen molar-refractivity contribution in [1.82, 2.24) is 0 Å². The molecule has 0 spiro atoms. The third kappa shape index (κ3) is 1.72. The lowest BCUT2D eigenvalue weighted by Crippen LogP contribution is -2.25. The summed E-state index contributed by atoms with van der Waals surface area (Å²) in [4.78, 5) is 11.8. The van der Waals surface area contributed by atoms with Crippen LogP contribution in [-0.4, -0.2) is 17.0 Å². The van der Waals surface area contributed by atoms with E-state index < -0.39 is 0 Å². The molecule has 1 N–H and O–H groups in total. The van der Waals surface area contributed by atoms with Gasteiger partial charge in [-0.15, -0.1) is 0 Å². The van der Waals surface area contributed by atoms with Gasteiger partial charge in [0.25, 0.3) is 0 Å². The molecule has 3 unspecified atom stereocenters. The molecule has 0 aromatic carbocycles. The summed E-state index contributed by atoms with van der Waals surface area (Å²) in [5, 5.41) is 9.24. The molecule has 80 valence electrons. The molecular formula is C12H20O2. The minimum atomic E-state index is -0.0552. The minimum absolute atomic E-state index is 0.00229. The Kier molecular flexibility index (Phi) is 2.65. The lowest BCUT2D eigenvalue weighted by atomic mass is 9.78. The molecule has 0 heterocycles. The molecule has 0 aromatic rings. The Morgan fingerprint density at radius 3 is 2.71 bits per heavy atom. The van der Waals surface area contributed by atoms with E-state index in [9.17, 15) is 9.90 Å². The van der Waals surface area contributed by atoms with E-state index in [4.69, 9.17) is 0 Å². The maximum absolute atomic E-state index is 11.8. The number of aliphatic hydroxyl groups is 1. The van der Waals surface area contributed by atoms with Gasteiger partial charge in [-0.3, -0.25) is 4.79 Å². The van der Waals surface area contributed by atoms with Gasteiger partial charge in [-0.2, -0.15) is 0 Å². The van der Waals surface area contributed by atoms with Gasteiger partial charge in [0.05, 0.1) is 6.10 Å². The smallest absolute Gasteiger partial charge is 0.139 e. The first-order valence-corrected chi connectivity index (χ1v) is 5.89. The summed E-state index contributed by atoms with van der Waals surface area (Å²) >= 11 is 0. The molecule has 2 fully saturated rings. The number of Topliss-reactive ketones (excluding diaryl/α,β-unsaturated/α-hetero) is 1. The van der Waals surface area contributed by atoms with Crippen LogP contribution in [-0.2, 0) is 4.79 Å². The van der Waals surface area contributed by atoms with E-state index in [1.165, 1.54) is 0 Å². The molecule has 14 heavy (non-hydrogen) atoms. The number of carbonyl (C=O) groups is 1. The fourth-order valence-corrected chi connectivity index (χ4v) is 2.81. The van der Waals surface area contributed by atoms with Gasteiger partial charge in [-0.1, -0.05) is 6.92 Å². The van der Waals surface area contributed by atoms with Crippen LogP contribution in [0.5, 0.6) is 0 Å². The van der Waals surface area contributed by atoms with Crippen LogP contribution in [0.15, 0.2) is 0 Å². The molecule has 0 aliphatic heterocycles. The van der Waals surface area contributed by atoms with E-state index in [1.54, 1.807) is 0 Å². The van der Waals surface area contributed by atoms with Crippen LogP contribution in [0.3, 0.4) is 0 Å². The zero-order chi connectivity index (χ0) is 10.2. The van der Waals surface area contributed by atoms with Crippen LogP contribution in [0.2, 0.25) is 0 Å².